The summed E-state index contributed by atoms with van der Waals surface area (Å²) < 4.78 is 0. The molecule has 0 radical (unpaired) electrons. The quantitative estimate of drug-likeness (QED) is 0.0387. The minimum Gasteiger partial charge on any atom is -0.480 e. The number of benzene rings is 2. The van der Waals surface area contributed by atoms with Crippen LogP contribution < -0.4 is 97.8 Å². The van der Waals surface area contributed by atoms with E-state index in [-0.39, 0.29) is 108 Å². The van der Waals surface area contributed by atoms with Gasteiger partial charge in [0.1, 0.15) is 78.5 Å². The number of nitrogens with one attached hydrogen (secondary N) is 13. The van der Waals surface area contributed by atoms with Crippen molar-refractivity contribution in [2.75, 3.05) is 26.2 Å². The highest BCUT2D eigenvalue weighted by Crippen LogP contribution is 2.16. The summed E-state index contributed by atoms with van der Waals surface area (Å²) in [5.74, 6) is -11.6. The van der Waals surface area contributed by atoms with Crippen LogP contribution in [0.25, 0.3) is 0 Å². The second-order valence-electron chi connectivity index (χ2n) is 30.5. The predicted molar refractivity (Wildman–Crippen MR) is 423 cm³/mol. The Morgan fingerprint density at radius 2 is 0.486 bits per heavy atom. The fourth-order valence-electron chi connectivity index (χ4n) is 11.9. The number of carbonyl (C=O) groups excluding carboxylic acids is 13. The van der Waals surface area contributed by atoms with Crippen molar-refractivity contribution in [1.29, 1.82) is 0 Å². The summed E-state index contributed by atoms with van der Waals surface area (Å²) in [5.41, 5.74) is 30.9. The highest BCUT2D eigenvalue weighted by atomic mass is 16.4. The van der Waals surface area contributed by atoms with E-state index in [1.165, 1.54) is 27.7 Å². The number of amides is 13. The smallest absolute Gasteiger partial charge is 0.326 e. The summed E-state index contributed by atoms with van der Waals surface area (Å²) in [7, 11) is 0. The molecule has 0 aromatic heterocycles. The summed E-state index contributed by atoms with van der Waals surface area (Å²) in [6.45, 7) is 21.1. The first-order chi connectivity index (χ1) is 52.4. The van der Waals surface area contributed by atoms with Gasteiger partial charge in [-0.3, -0.25) is 62.3 Å². The van der Waals surface area contributed by atoms with Crippen molar-refractivity contribution in [2.45, 2.75) is 283 Å². The van der Waals surface area contributed by atoms with Crippen LogP contribution in [0.5, 0.6) is 0 Å². The molecule has 0 saturated heterocycles. The molecule has 624 valence electrons. The number of hydrogen-bond acceptors (Lipinski definition) is 19. The van der Waals surface area contributed by atoms with Crippen LogP contribution in [0.1, 0.15) is 197 Å². The normalized spacial score (nSPS) is 15.1. The van der Waals surface area contributed by atoms with Crippen LogP contribution in [0.4, 0.5) is 0 Å². The van der Waals surface area contributed by atoms with Crippen molar-refractivity contribution in [3.05, 3.63) is 71.8 Å². The first kappa shape index (κ1) is 97.9. The van der Waals surface area contributed by atoms with E-state index in [1.54, 1.807) is 58.0 Å². The molecule has 33 nitrogen and oxygen atoms in total. The van der Waals surface area contributed by atoms with E-state index in [4.69, 9.17) is 28.7 Å². The van der Waals surface area contributed by atoms with Gasteiger partial charge >= 0.3 is 5.97 Å². The third-order valence-corrected chi connectivity index (χ3v) is 18.2. The molecule has 13 amide bonds. The second-order valence-corrected chi connectivity index (χ2v) is 30.5. The van der Waals surface area contributed by atoms with Crippen molar-refractivity contribution >= 4 is 82.8 Å². The minimum absolute atomic E-state index is 0.0368. The van der Waals surface area contributed by atoms with E-state index in [0.29, 0.717) is 63.5 Å². The molecule has 2 aromatic carbocycles. The molecular formula is C78H132N18O15. The number of carboxylic acids is 1. The number of nitrogens with two attached hydrogens (primary N) is 5. The number of carbonyl (C=O) groups is 14. The van der Waals surface area contributed by atoms with Gasteiger partial charge in [-0.25, -0.2) is 4.79 Å². The molecule has 24 N–H and O–H groups in total. The maximum absolute atomic E-state index is 14.5. The predicted octanol–water partition coefficient (Wildman–Crippen LogP) is -0.0339. The van der Waals surface area contributed by atoms with Gasteiger partial charge in [0.2, 0.25) is 76.8 Å². The lowest BCUT2D eigenvalue weighted by Gasteiger charge is -2.28. The van der Waals surface area contributed by atoms with E-state index in [2.05, 4.69) is 69.1 Å². The van der Waals surface area contributed by atoms with E-state index >= 15 is 0 Å². The lowest BCUT2D eigenvalue weighted by molar-refractivity contribution is -0.142. The molecule has 33 heteroatoms. The SMILES string of the molecule is CC(C)C[C@H](NC(=O)[C@H](C)NC(=O)[C@H](Cc1ccccc1)NC(=O)[C@H](CCCCN)NC(=O)[C@H](CCCCN)NC(=O)[C@H](CC(C)C)NC(=O)[C@H](C)NC(=O)[C@H](CCCCN)NC(=O)[C@H](C)NC(=O)[C@H](CC(C)C)NC(=O)[C@H](CC(C)C)NC(=O)[C@H](CCCCN)NC(=O)[C@H](C)NC(=O)[C@@H](N)Cc1ccccc1)C(=O)O. The van der Waals surface area contributed by atoms with Crippen LogP contribution >= 0.6 is 0 Å². The molecule has 0 unspecified atom stereocenters. The average molecular weight is 1560 g/mol. The van der Waals surface area contributed by atoms with Crippen molar-refractivity contribution in [3.63, 3.8) is 0 Å². The summed E-state index contributed by atoms with van der Waals surface area (Å²) in [6, 6.07) is 0.529. The lowest BCUT2D eigenvalue weighted by atomic mass is 9.99. The highest BCUT2D eigenvalue weighted by Gasteiger charge is 2.37. The Morgan fingerprint density at radius 1 is 0.270 bits per heavy atom. The van der Waals surface area contributed by atoms with Crippen molar-refractivity contribution < 1.29 is 72.2 Å². The molecule has 0 spiro atoms. The number of rotatable bonds is 55. The molecule has 0 aliphatic carbocycles. The molecule has 0 aliphatic heterocycles. The summed E-state index contributed by atoms with van der Waals surface area (Å²) in [4.78, 5) is 195. The van der Waals surface area contributed by atoms with Crippen molar-refractivity contribution in [3.8, 4) is 0 Å². The van der Waals surface area contributed by atoms with Gasteiger partial charge in [-0.1, -0.05) is 116 Å². The van der Waals surface area contributed by atoms with Gasteiger partial charge in [-0.15, -0.1) is 0 Å². The molecule has 0 heterocycles. The van der Waals surface area contributed by atoms with Gasteiger partial charge in [0.15, 0.2) is 0 Å². The van der Waals surface area contributed by atoms with Gasteiger partial charge < -0.3 is 103 Å². The monoisotopic (exact) mass is 1560 g/mol. The van der Waals surface area contributed by atoms with Crippen LogP contribution in [-0.4, -0.2) is 199 Å². The van der Waals surface area contributed by atoms with Gasteiger partial charge in [-0.2, -0.15) is 0 Å². The van der Waals surface area contributed by atoms with E-state index < -0.39 is 167 Å². The van der Waals surface area contributed by atoms with Crippen LogP contribution in [0, 0.1) is 23.7 Å². The zero-order valence-corrected chi connectivity index (χ0v) is 67.3. The maximum atomic E-state index is 14.5. The molecule has 0 bridgehead atoms. The molecule has 111 heavy (non-hydrogen) atoms. The Kier molecular flexibility index (Phi) is 46.6. The van der Waals surface area contributed by atoms with Crippen molar-refractivity contribution in [2.24, 2.45) is 52.3 Å². The molecule has 0 fully saturated rings. The number of aliphatic carboxylic acids is 1. The highest BCUT2D eigenvalue weighted by molar-refractivity contribution is 6.00. The molecule has 2 aromatic rings. The third-order valence-electron chi connectivity index (χ3n) is 18.2. The van der Waals surface area contributed by atoms with Crippen LogP contribution in [0.2, 0.25) is 0 Å². The van der Waals surface area contributed by atoms with Gasteiger partial charge in [0, 0.05) is 6.42 Å². The summed E-state index contributed by atoms with van der Waals surface area (Å²) >= 11 is 0. The van der Waals surface area contributed by atoms with E-state index in [9.17, 15) is 72.2 Å². The van der Waals surface area contributed by atoms with Crippen molar-refractivity contribution in [1.82, 2.24) is 69.1 Å². The lowest BCUT2D eigenvalue weighted by Crippen LogP contribution is -2.60. The summed E-state index contributed by atoms with van der Waals surface area (Å²) in [6.07, 6.45) is 4.10. The maximum Gasteiger partial charge on any atom is 0.326 e. The Hall–Kier alpha value is -9.18. The van der Waals surface area contributed by atoms with Crippen LogP contribution in [0.3, 0.4) is 0 Å². The van der Waals surface area contributed by atoms with Crippen LogP contribution in [0.15, 0.2) is 60.7 Å². The second kappa shape index (κ2) is 52.9. The number of hydrogen-bond donors (Lipinski definition) is 19. The summed E-state index contributed by atoms with van der Waals surface area (Å²) in [5, 5.41) is 44.6. The molecule has 14 atom stereocenters. The van der Waals surface area contributed by atoms with E-state index in [0.717, 1.165) is 5.56 Å². The molecule has 0 saturated carbocycles. The third kappa shape index (κ3) is 39.0. The Balaban J connectivity index is 2.35. The average Bonchev–Trinajstić information content (AvgIpc) is 0.859. The topological polar surface area (TPSA) is 546 Å². The largest absolute Gasteiger partial charge is 0.480 e. The number of carboxylic acid groups (broad SMARTS) is 1. The number of unbranched alkanes of at least 4 members (excludes halogenated alkanes) is 4. The van der Waals surface area contributed by atoms with E-state index in [1.807, 2.05) is 58.0 Å². The first-order valence-corrected chi connectivity index (χ1v) is 39.3. The van der Waals surface area contributed by atoms with Gasteiger partial charge in [0.25, 0.3) is 0 Å². The zero-order chi connectivity index (χ0) is 83.4. The van der Waals surface area contributed by atoms with Crippen LogP contribution in [-0.2, 0) is 80.0 Å². The Bertz CT molecular complexity index is 3260. The Labute approximate surface area is 654 Å². The fraction of sp³-hybridized carbons (Fsp3) is 0.667. The molecule has 0 aliphatic rings. The first-order valence-electron chi connectivity index (χ1n) is 39.3. The van der Waals surface area contributed by atoms with Gasteiger partial charge in [-0.05, 0) is 198 Å². The fourth-order valence-corrected chi connectivity index (χ4v) is 11.9. The zero-order valence-electron chi connectivity index (χ0n) is 67.3. The molecule has 2 rings (SSSR count). The Morgan fingerprint density at radius 3 is 0.784 bits per heavy atom. The van der Waals surface area contributed by atoms with Gasteiger partial charge in [0.05, 0.1) is 6.04 Å². The minimum atomic E-state index is -1.33. The molecular weight excluding hydrogens is 1430 g/mol. The standard InChI is InChI=1S/C78H132N18O15/c1-45(2)39-60(94-77(109)62(41-47(5)6)93-72(104)57(32-20-24-36-80)89-65(97)49(9)84-69(101)55(83)43-53-27-15-13-16-28-53)74(106)86-50(10)66(98)88-56(31-19-23-35-79)70(102)85-51(11)67(99)92-61(40-46(3)4)76(108)91-58(33-21-25-37-81)71(103)90-59(34-22-26-38-82)73(105)95-63(44-54-29-17-14-18-30-54)75(107)87-52(12)68(100)96-64(78(110)111)42-48(7)8/h13-18,27-30,45-52,55-64H,19-26,31-44,79-83H2,1-12H3,(H,84,101)(H,85,102)(H,86,106)(H,87,107)(H,88,98)(H,89,97)(H,90,103)(H,91,108)(H,92,99)(H,93,104)(H,94,109)(H,95,105)(H,96,100)(H,110,111)/t49-,50-,51-,52-,55-,56-,57-,58-,59-,60-,61-,62-,63-,64-/m0/s1.